The van der Waals surface area contributed by atoms with Gasteiger partial charge in [-0.05, 0) is 62.0 Å². The van der Waals surface area contributed by atoms with Gasteiger partial charge in [0.1, 0.15) is 0 Å². The largest absolute Gasteiger partial charge is 0.392 e. The highest BCUT2D eigenvalue weighted by Crippen LogP contribution is 2.42. The van der Waals surface area contributed by atoms with Gasteiger partial charge in [0.05, 0.1) is 17.4 Å². The summed E-state index contributed by atoms with van der Waals surface area (Å²) in [6.45, 7) is 6.04. The quantitative estimate of drug-likeness (QED) is 0.780. The summed E-state index contributed by atoms with van der Waals surface area (Å²) in [5, 5.41) is 14.1. The lowest BCUT2D eigenvalue weighted by molar-refractivity contribution is -0.0695. The normalized spacial score (nSPS) is 27.5. The second-order valence-electron chi connectivity index (χ2n) is 9.79. The first-order valence-electron chi connectivity index (χ1n) is 11.8. The number of aryl methyl sites for hydroxylation is 1. The van der Waals surface area contributed by atoms with E-state index in [0.29, 0.717) is 6.04 Å². The summed E-state index contributed by atoms with van der Waals surface area (Å²) in [6, 6.07) is 6.67. The number of β-amino-alcohol motifs (C(OH)–C–C–N with tert-alkyl or cyclic N) is 1. The van der Waals surface area contributed by atoms with Crippen molar-refractivity contribution < 1.29 is 14.6 Å². The maximum absolute atomic E-state index is 13.3. The second-order valence-corrected chi connectivity index (χ2v) is 9.79. The Morgan fingerprint density at radius 3 is 2.80 bits per heavy atom. The highest BCUT2D eigenvalue weighted by Gasteiger charge is 2.44. The van der Waals surface area contributed by atoms with E-state index in [2.05, 4.69) is 16.3 Å². The monoisotopic (exact) mass is 413 g/mol. The van der Waals surface area contributed by atoms with Crippen LogP contribution < -0.4 is 5.32 Å². The number of ether oxygens (including phenoxy) is 1. The summed E-state index contributed by atoms with van der Waals surface area (Å²) in [5.41, 5.74) is 3.28. The first-order chi connectivity index (χ1) is 14.6. The van der Waals surface area contributed by atoms with Crippen LogP contribution >= 0.6 is 0 Å². The fourth-order valence-corrected chi connectivity index (χ4v) is 6.13. The van der Waals surface area contributed by atoms with Crippen molar-refractivity contribution in [2.75, 3.05) is 51.3 Å². The fraction of sp³-hybridized carbons (Fsp3) is 0.708. The molecule has 164 valence electrons. The van der Waals surface area contributed by atoms with Crippen LogP contribution in [0.4, 0.5) is 5.69 Å². The van der Waals surface area contributed by atoms with Gasteiger partial charge in [-0.25, -0.2) is 0 Å². The number of carbonyl (C=O) groups excluding carboxylic acids is 1. The molecule has 1 unspecified atom stereocenters. The molecule has 6 heteroatoms. The Hall–Kier alpha value is -1.63. The van der Waals surface area contributed by atoms with Crippen LogP contribution in [0, 0.1) is 5.41 Å². The highest BCUT2D eigenvalue weighted by molar-refractivity contribution is 6.00. The van der Waals surface area contributed by atoms with Gasteiger partial charge in [-0.1, -0.05) is 12.1 Å². The lowest BCUT2D eigenvalue weighted by Crippen LogP contribution is -2.57. The van der Waals surface area contributed by atoms with Crippen molar-refractivity contribution in [3.05, 3.63) is 29.3 Å². The molecule has 4 aliphatic heterocycles. The number of amides is 1. The number of para-hydroxylation sites is 1. The SMILES string of the molecule is O=C(c1cccc2c1NCCC2)N1CCC2(CC1)CC(O)CN(C1CCOCC1)C2. The molecule has 30 heavy (non-hydrogen) atoms. The van der Waals surface area contributed by atoms with Gasteiger partial charge < -0.3 is 20.1 Å². The molecule has 1 aromatic carbocycles. The number of fused-ring (bicyclic) bond motifs is 1. The predicted octanol–water partition coefficient (Wildman–Crippen LogP) is 2.51. The van der Waals surface area contributed by atoms with Gasteiger partial charge in [0, 0.05) is 52.0 Å². The maximum Gasteiger partial charge on any atom is 0.255 e. The van der Waals surface area contributed by atoms with Gasteiger partial charge >= 0.3 is 0 Å². The number of aliphatic hydroxyl groups excluding tert-OH is 1. The van der Waals surface area contributed by atoms with Crippen LogP contribution in [0.25, 0.3) is 0 Å². The van der Waals surface area contributed by atoms with E-state index in [-0.39, 0.29) is 17.4 Å². The molecular weight excluding hydrogens is 378 g/mol. The Morgan fingerprint density at radius 1 is 1.20 bits per heavy atom. The summed E-state index contributed by atoms with van der Waals surface area (Å²) >= 11 is 0. The van der Waals surface area contributed by atoms with Crippen molar-refractivity contribution in [2.45, 2.75) is 57.1 Å². The number of nitrogens with zero attached hydrogens (tertiary/aromatic N) is 2. The summed E-state index contributed by atoms with van der Waals surface area (Å²) in [6.07, 6.45) is 6.90. The van der Waals surface area contributed by atoms with Crippen molar-refractivity contribution in [2.24, 2.45) is 5.41 Å². The fourth-order valence-electron chi connectivity index (χ4n) is 6.13. The first kappa shape index (κ1) is 20.3. The maximum atomic E-state index is 13.3. The zero-order valence-corrected chi connectivity index (χ0v) is 17.9. The highest BCUT2D eigenvalue weighted by atomic mass is 16.5. The van der Waals surface area contributed by atoms with E-state index >= 15 is 0 Å². The molecular formula is C24H35N3O3. The van der Waals surface area contributed by atoms with E-state index in [4.69, 9.17) is 4.74 Å². The van der Waals surface area contributed by atoms with E-state index < -0.39 is 0 Å². The summed E-state index contributed by atoms with van der Waals surface area (Å²) in [5.74, 6) is 0.161. The average Bonchev–Trinajstić information content (AvgIpc) is 2.79. The minimum atomic E-state index is -0.255. The van der Waals surface area contributed by atoms with Crippen molar-refractivity contribution in [3.63, 3.8) is 0 Å². The molecule has 4 aliphatic rings. The molecule has 1 spiro atoms. The number of benzene rings is 1. The molecule has 4 heterocycles. The van der Waals surface area contributed by atoms with Crippen molar-refractivity contribution in [1.82, 2.24) is 9.80 Å². The van der Waals surface area contributed by atoms with Crippen LogP contribution in [-0.2, 0) is 11.2 Å². The van der Waals surface area contributed by atoms with Crippen LogP contribution in [0.3, 0.4) is 0 Å². The summed E-state index contributed by atoms with van der Waals surface area (Å²) < 4.78 is 5.54. The Bertz CT molecular complexity index is 769. The molecule has 0 saturated carbocycles. The number of anilines is 1. The van der Waals surface area contributed by atoms with Gasteiger partial charge in [0.15, 0.2) is 0 Å². The van der Waals surface area contributed by atoms with Gasteiger partial charge in [0.2, 0.25) is 0 Å². The Labute approximate surface area is 179 Å². The molecule has 0 aliphatic carbocycles. The smallest absolute Gasteiger partial charge is 0.255 e. The second kappa shape index (κ2) is 8.48. The summed E-state index contributed by atoms with van der Waals surface area (Å²) in [4.78, 5) is 17.9. The van der Waals surface area contributed by atoms with Crippen LogP contribution in [0.15, 0.2) is 18.2 Å². The Kier molecular flexibility index (Phi) is 5.73. The third-order valence-electron chi connectivity index (χ3n) is 7.78. The van der Waals surface area contributed by atoms with Gasteiger partial charge in [-0.2, -0.15) is 0 Å². The van der Waals surface area contributed by atoms with E-state index in [1.54, 1.807) is 0 Å². The van der Waals surface area contributed by atoms with Gasteiger partial charge in [0.25, 0.3) is 5.91 Å². The number of piperidine rings is 2. The molecule has 2 N–H and O–H groups in total. The molecule has 3 saturated heterocycles. The third kappa shape index (κ3) is 3.97. The number of nitrogens with one attached hydrogen (secondary N) is 1. The van der Waals surface area contributed by atoms with Crippen LogP contribution in [0.5, 0.6) is 0 Å². The van der Waals surface area contributed by atoms with Gasteiger partial charge in [-0.15, -0.1) is 0 Å². The van der Waals surface area contributed by atoms with Crippen molar-refractivity contribution >= 4 is 11.6 Å². The van der Waals surface area contributed by atoms with Gasteiger partial charge in [-0.3, -0.25) is 9.69 Å². The van der Waals surface area contributed by atoms with Crippen molar-refractivity contribution in [1.29, 1.82) is 0 Å². The number of hydrogen-bond donors (Lipinski definition) is 2. The molecule has 0 radical (unpaired) electrons. The number of likely N-dealkylation sites (tertiary alicyclic amines) is 2. The van der Waals surface area contributed by atoms with Crippen LogP contribution in [0.1, 0.15) is 54.4 Å². The van der Waals surface area contributed by atoms with Crippen LogP contribution in [0.2, 0.25) is 0 Å². The van der Waals surface area contributed by atoms with Crippen LogP contribution in [-0.4, -0.2) is 78.9 Å². The summed E-state index contributed by atoms with van der Waals surface area (Å²) in [7, 11) is 0. The minimum absolute atomic E-state index is 0.140. The Morgan fingerprint density at radius 2 is 2.00 bits per heavy atom. The molecule has 0 aromatic heterocycles. The number of hydrogen-bond acceptors (Lipinski definition) is 5. The first-order valence-corrected chi connectivity index (χ1v) is 11.8. The van der Waals surface area contributed by atoms with E-state index in [1.165, 1.54) is 5.56 Å². The number of aliphatic hydroxyl groups is 1. The molecule has 0 bridgehead atoms. The lowest BCUT2D eigenvalue weighted by atomic mass is 9.71. The molecule has 1 amide bonds. The molecule has 1 aromatic rings. The molecule has 6 nitrogen and oxygen atoms in total. The standard InChI is InChI=1S/C24H35N3O3/c28-20-15-24(17-27(16-20)19-6-13-30-14-7-19)8-11-26(12-9-24)23(29)21-5-1-3-18-4-2-10-25-22(18)21/h1,3,5,19-20,25,28H,2,4,6-17H2. The number of rotatable bonds is 2. The number of carbonyl (C=O) groups is 1. The predicted molar refractivity (Wildman–Crippen MR) is 117 cm³/mol. The molecule has 3 fully saturated rings. The zero-order valence-electron chi connectivity index (χ0n) is 17.9. The Balaban J connectivity index is 1.26. The molecule has 1 atom stereocenters. The topological polar surface area (TPSA) is 65.0 Å². The van der Waals surface area contributed by atoms with E-state index in [1.807, 2.05) is 17.0 Å². The molecule has 5 rings (SSSR count). The minimum Gasteiger partial charge on any atom is -0.392 e. The van der Waals surface area contributed by atoms with E-state index in [0.717, 1.165) is 102 Å². The average molecular weight is 414 g/mol. The van der Waals surface area contributed by atoms with Crippen molar-refractivity contribution in [3.8, 4) is 0 Å². The zero-order chi connectivity index (χ0) is 20.6. The lowest BCUT2D eigenvalue weighted by Gasteiger charge is -2.51. The van der Waals surface area contributed by atoms with E-state index in [9.17, 15) is 9.90 Å². The third-order valence-corrected chi connectivity index (χ3v) is 7.78.